The van der Waals surface area contributed by atoms with Gasteiger partial charge in [0, 0.05) is 32.2 Å². The van der Waals surface area contributed by atoms with Crippen LogP contribution in [0.25, 0.3) is 11.1 Å². The highest BCUT2D eigenvalue weighted by atomic mass is 19.1. The third kappa shape index (κ3) is 3.72. The summed E-state index contributed by atoms with van der Waals surface area (Å²) in [4.78, 5) is 14.5. The zero-order chi connectivity index (χ0) is 21.4. The lowest BCUT2D eigenvalue weighted by atomic mass is 9.95. The van der Waals surface area contributed by atoms with Gasteiger partial charge in [0.2, 0.25) is 5.91 Å². The van der Waals surface area contributed by atoms with E-state index < -0.39 is 5.82 Å². The molecule has 6 nitrogen and oxygen atoms in total. The first-order valence-electron chi connectivity index (χ1n) is 10.6. The predicted molar refractivity (Wildman–Crippen MR) is 119 cm³/mol. The first-order valence-corrected chi connectivity index (χ1v) is 10.6. The molecule has 0 unspecified atom stereocenters. The zero-order valence-corrected chi connectivity index (χ0v) is 17.1. The Labute approximate surface area is 180 Å². The topological polar surface area (TPSA) is 82.3 Å². The molecule has 1 amide bonds. The Morgan fingerprint density at radius 2 is 1.97 bits per heavy atom. The Hall–Kier alpha value is -3.46. The highest BCUT2D eigenvalue weighted by Gasteiger charge is 2.32. The van der Waals surface area contributed by atoms with E-state index in [4.69, 9.17) is 5.26 Å². The summed E-state index contributed by atoms with van der Waals surface area (Å²) >= 11 is 0. The predicted octanol–water partition coefficient (Wildman–Crippen LogP) is 1.91. The number of nitriles is 1. The smallest absolute Gasteiger partial charge is 0.302 e. The van der Waals surface area contributed by atoms with Crippen LogP contribution < -0.4 is 15.3 Å². The molecule has 2 N–H and O–H groups in total. The van der Waals surface area contributed by atoms with Gasteiger partial charge in [-0.05, 0) is 48.2 Å². The summed E-state index contributed by atoms with van der Waals surface area (Å²) in [6.45, 7) is 3.11. The maximum atomic E-state index is 13.8. The van der Waals surface area contributed by atoms with Gasteiger partial charge in [-0.15, -0.1) is 0 Å². The largest absolute Gasteiger partial charge is 0.381 e. The maximum Gasteiger partial charge on any atom is 0.302 e. The molecular weight excluding hydrogens is 393 g/mol. The Bertz CT molecular complexity index is 1150. The van der Waals surface area contributed by atoms with E-state index in [9.17, 15) is 9.18 Å². The van der Waals surface area contributed by atoms with Crippen molar-refractivity contribution in [1.29, 1.82) is 5.26 Å². The van der Waals surface area contributed by atoms with Crippen LogP contribution >= 0.6 is 0 Å². The van der Waals surface area contributed by atoms with Crippen LogP contribution in [0.4, 0.5) is 10.1 Å². The van der Waals surface area contributed by atoms with Crippen LogP contribution in [0.1, 0.15) is 29.5 Å². The van der Waals surface area contributed by atoms with Crippen molar-refractivity contribution in [1.82, 2.24) is 14.9 Å². The van der Waals surface area contributed by atoms with E-state index in [1.54, 1.807) is 12.1 Å². The molecule has 0 spiro atoms. The van der Waals surface area contributed by atoms with E-state index in [1.807, 2.05) is 35.5 Å². The maximum absolute atomic E-state index is 13.8. The van der Waals surface area contributed by atoms with E-state index >= 15 is 0 Å². The monoisotopic (exact) mass is 416 g/mol. The fraction of sp³-hybridized carbons (Fsp3) is 0.333. The number of carbonyl (C=O) groups is 1. The number of benzene rings is 2. The Morgan fingerprint density at radius 3 is 2.68 bits per heavy atom. The summed E-state index contributed by atoms with van der Waals surface area (Å²) in [5.74, 6) is -0.101. The minimum Gasteiger partial charge on any atom is -0.381 e. The number of carbonyl (C=O) groups excluding carboxylic acids is 1. The van der Waals surface area contributed by atoms with Crippen LogP contribution in [-0.4, -0.2) is 55.5 Å². The molecule has 0 aromatic heterocycles. The number of piperidine rings is 1. The van der Waals surface area contributed by atoms with Crippen LogP contribution in [-0.2, 0) is 4.79 Å². The first-order chi connectivity index (χ1) is 15.1. The van der Waals surface area contributed by atoms with Crippen molar-refractivity contribution < 1.29 is 9.18 Å². The van der Waals surface area contributed by atoms with Crippen LogP contribution in [0.15, 0.2) is 30.3 Å². The van der Waals surface area contributed by atoms with Crippen LogP contribution in [0.3, 0.4) is 0 Å². The third-order valence-corrected chi connectivity index (χ3v) is 6.35. The van der Waals surface area contributed by atoms with Crippen LogP contribution in [0.5, 0.6) is 0 Å². The molecule has 2 aromatic rings. The van der Waals surface area contributed by atoms with Crippen molar-refractivity contribution in [2.45, 2.75) is 18.9 Å². The number of nitrogens with one attached hydrogen (secondary N) is 2. The van der Waals surface area contributed by atoms with Crippen molar-refractivity contribution >= 4 is 24.0 Å². The first kappa shape index (κ1) is 19.5. The summed E-state index contributed by atoms with van der Waals surface area (Å²) in [6, 6.07) is 10.8. The molecule has 0 aliphatic carbocycles. The molecule has 0 atom stereocenters. The Balaban J connectivity index is 1.35. The van der Waals surface area contributed by atoms with E-state index in [0.29, 0.717) is 0 Å². The van der Waals surface area contributed by atoms with Gasteiger partial charge in [0.05, 0.1) is 28.3 Å². The standard InChI is InChI=1S/C24H22FN5O/c25-22-2-1-15(7-17(22)10-26)16-8-18-11-28-14-21(18)23(9-16)29-20-3-5-30(6-4-20)24(31)19-12-27-13-19/h1-2,7-9,11,14,19-20,27H,3-6,12-13H2/p+1. The van der Waals surface area contributed by atoms with Crippen molar-refractivity contribution in [3.63, 3.8) is 0 Å². The SMILES string of the molecule is N#Cc1cc(-c2cc3c(c(NC4CCN(C(=O)C5CNC5)CC4)c2)C=[N+]=C3)ccc1F. The summed E-state index contributed by atoms with van der Waals surface area (Å²) in [7, 11) is 0. The second kappa shape index (κ2) is 7.99. The van der Waals surface area contributed by atoms with Gasteiger partial charge < -0.3 is 15.5 Å². The van der Waals surface area contributed by atoms with Gasteiger partial charge in [-0.2, -0.15) is 5.26 Å². The minimum absolute atomic E-state index is 0.0337. The molecule has 7 heteroatoms. The van der Waals surface area contributed by atoms with Gasteiger partial charge >= 0.3 is 12.4 Å². The Morgan fingerprint density at radius 1 is 1.16 bits per heavy atom. The molecule has 156 valence electrons. The van der Waals surface area contributed by atoms with Gasteiger partial charge in [-0.1, -0.05) is 10.7 Å². The average Bonchev–Trinajstić information content (AvgIpc) is 3.22. The van der Waals surface area contributed by atoms with Gasteiger partial charge in [0.15, 0.2) is 0 Å². The number of halogens is 1. The quantitative estimate of drug-likeness (QED) is 0.637. The van der Waals surface area contributed by atoms with Gasteiger partial charge in [-0.3, -0.25) is 4.79 Å². The number of nitrogens with zero attached hydrogens (tertiary/aromatic N) is 3. The molecule has 0 bridgehead atoms. The highest BCUT2D eigenvalue weighted by molar-refractivity contribution is 6.06. The lowest BCUT2D eigenvalue weighted by Gasteiger charge is -2.37. The second-order valence-electron chi connectivity index (χ2n) is 8.34. The van der Waals surface area contributed by atoms with Crippen molar-refractivity contribution in [3.8, 4) is 17.2 Å². The molecule has 3 heterocycles. The summed E-state index contributed by atoms with van der Waals surface area (Å²) in [5.41, 5.74) is 4.73. The number of hydrogen-bond donors (Lipinski definition) is 2. The number of anilines is 1. The number of fused-ring (bicyclic) bond motifs is 1. The summed E-state index contributed by atoms with van der Waals surface area (Å²) in [5, 5.41) is 16.0. The molecule has 5 rings (SSSR count). The van der Waals surface area contributed by atoms with Crippen LogP contribution in [0, 0.1) is 23.1 Å². The molecule has 31 heavy (non-hydrogen) atoms. The van der Waals surface area contributed by atoms with Gasteiger partial charge in [-0.25, -0.2) is 4.39 Å². The number of rotatable bonds is 4. The summed E-state index contributed by atoms with van der Waals surface area (Å²) < 4.78 is 18.1. The second-order valence-corrected chi connectivity index (χ2v) is 8.34. The molecule has 0 saturated carbocycles. The fourth-order valence-corrected chi connectivity index (χ4v) is 4.38. The van der Waals surface area contributed by atoms with E-state index in [0.717, 1.165) is 67.0 Å². The van der Waals surface area contributed by atoms with Crippen molar-refractivity contribution in [2.24, 2.45) is 5.92 Å². The van der Waals surface area contributed by atoms with Gasteiger partial charge in [0.1, 0.15) is 11.9 Å². The minimum atomic E-state index is -0.514. The average molecular weight is 416 g/mol. The normalized spacial score (nSPS) is 17.9. The van der Waals surface area contributed by atoms with Crippen molar-refractivity contribution in [2.75, 3.05) is 31.5 Å². The number of hydrogen-bond acceptors (Lipinski definition) is 4. The van der Waals surface area contributed by atoms with E-state index in [2.05, 4.69) is 15.3 Å². The van der Waals surface area contributed by atoms with E-state index in [-0.39, 0.29) is 23.4 Å². The molecule has 0 radical (unpaired) electrons. The lowest BCUT2D eigenvalue weighted by Crippen LogP contribution is -2.54. The van der Waals surface area contributed by atoms with Crippen LogP contribution in [0.2, 0.25) is 0 Å². The molecule has 3 aliphatic rings. The van der Waals surface area contributed by atoms with Gasteiger partial charge in [0.25, 0.3) is 0 Å². The highest BCUT2D eigenvalue weighted by Crippen LogP contribution is 2.31. The molecular formula is C24H23FN5O+. The molecule has 2 aromatic carbocycles. The number of likely N-dealkylation sites (tertiary alicyclic amines) is 1. The van der Waals surface area contributed by atoms with Crippen molar-refractivity contribution in [3.05, 3.63) is 52.8 Å². The fourth-order valence-electron chi connectivity index (χ4n) is 4.38. The zero-order valence-electron chi connectivity index (χ0n) is 17.1. The third-order valence-electron chi connectivity index (χ3n) is 6.35. The molecule has 2 fully saturated rings. The lowest BCUT2D eigenvalue weighted by molar-refractivity contribution is -0.138. The molecule has 3 aliphatic heterocycles. The number of amides is 1. The molecule has 2 saturated heterocycles. The Kier molecular flexibility index (Phi) is 5.03. The summed E-state index contributed by atoms with van der Waals surface area (Å²) in [6.07, 6.45) is 5.43. The van der Waals surface area contributed by atoms with E-state index in [1.165, 1.54) is 6.07 Å².